The van der Waals surface area contributed by atoms with Crippen LogP contribution in [0.3, 0.4) is 0 Å². The number of halogens is 1. The minimum atomic E-state index is -3.16. The molecule has 1 aliphatic heterocycles. The van der Waals surface area contributed by atoms with Crippen LogP contribution < -0.4 is 4.90 Å². The van der Waals surface area contributed by atoms with E-state index < -0.39 is 10.0 Å². The summed E-state index contributed by atoms with van der Waals surface area (Å²) in [6, 6.07) is 4.58. The van der Waals surface area contributed by atoms with Crippen LogP contribution in [-0.4, -0.2) is 50.1 Å². The van der Waals surface area contributed by atoms with Crippen molar-refractivity contribution in [1.82, 2.24) is 9.29 Å². The number of benzene rings is 1. The Kier molecular flexibility index (Phi) is 3.14. The molecule has 0 amide bonds. The number of anilines is 1. The number of sulfonamides is 1. The Morgan fingerprint density at radius 1 is 1.25 bits per heavy atom. The lowest BCUT2D eigenvalue weighted by Crippen LogP contribution is -2.48. The molecular weight excluding hydrogens is 285 g/mol. The molecule has 0 aliphatic carbocycles. The zero-order valence-corrected chi connectivity index (χ0v) is 11.7. The molecule has 1 fully saturated rings. The maximum Gasteiger partial charge on any atom is 0.298 e. The standard InChI is InChI=1S/C12H14FN3O3S/c1-20(17,18)16-6-4-15(5-7-16)12-14-10-3-2-9(13)8-11(10)19-12/h2-3,8H,4-7H2,1H3. The lowest BCUT2D eigenvalue weighted by molar-refractivity contribution is 0.376. The topological polar surface area (TPSA) is 66.7 Å². The summed E-state index contributed by atoms with van der Waals surface area (Å²) < 4.78 is 42.9. The lowest BCUT2D eigenvalue weighted by Gasteiger charge is -2.32. The maximum atomic E-state index is 13.1. The molecule has 108 valence electrons. The zero-order valence-electron chi connectivity index (χ0n) is 10.9. The van der Waals surface area contributed by atoms with Gasteiger partial charge in [-0.2, -0.15) is 9.29 Å². The van der Waals surface area contributed by atoms with Gasteiger partial charge in [0.1, 0.15) is 11.3 Å². The molecule has 2 aromatic rings. The van der Waals surface area contributed by atoms with Crippen molar-refractivity contribution in [2.75, 3.05) is 37.3 Å². The molecule has 3 rings (SSSR count). The molecule has 8 heteroatoms. The zero-order chi connectivity index (χ0) is 14.3. The first kappa shape index (κ1) is 13.3. The van der Waals surface area contributed by atoms with Crippen LogP contribution in [0.15, 0.2) is 22.6 Å². The SMILES string of the molecule is CS(=O)(=O)N1CCN(c2nc3ccc(F)cc3o2)CC1. The van der Waals surface area contributed by atoms with Crippen molar-refractivity contribution < 1.29 is 17.2 Å². The first-order chi connectivity index (χ1) is 9.43. The summed E-state index contributed by atoms with van der Waals surface area (Å²) in [5.74, 6) is -0.373. The van der Waals surface area contributed by atoms with E-state index in [2.05, 4.69) is 4.98 Å². The summed E-state index contributed by atoms with van der Waals surface area (Å²) >= 11 is 0. The third kappa shape index (κ3) is 2.48. The Hall–Kier alpha value is -1.67. The number of rotatable bonds is 2. The van der Waals surface area contributed by atoms with Gasteiger partial charge in [-0.3, -0.25) is 0 Å². The second kappa shape index (κ2) is 4.71. The summed E-state index contributed by atoms with van der Waals surface area (Å²) in [6.07, 6.45) is 1.20. The summed E-state index contributed by atoms with van der Waals surface area (Å²) in [6.45, 7) is 1.79. The van der Waals surface area contributed by atoms with Gasteiger partial charge in [-0.15, -0.1) is 0 Å². The number of oxazole rings is 1. The van der Waals surface area contributed by atoms with Crippen molar-refractivity contribution in [1.29, 1.82) is 0 Å². The van der Waals surface area contributed by atoms with Gasteiger partial charge in [0.15, 0.2) is 5.58 Å². The predicted molar refractivity (Wildman–Crippen MR) is 72.6 cm³/mol. The van der Waals surface area contributed by atoms with Gasteiger partial charge in [0.25, 0.3) is 6.01 Å². The van der Waals surface area contributed by atoms with Crippen LogP contribution in [0.5, 0.6) is 0 Å². The van der Waals surface area contributed by atoms with Gasteiger partial charge in [-0.25, -0.2) is 12.8 Å². The van der Waals surface area contributed by atoms with Crippen molar-refractivity contribution in [2.24, 2.45) is 0 Å². The highest BCUT2D eigenvalue weighted by molar-refractivity contribution is 7.88. The Bertz CT molecular complexity index is 735. The van der Waals surface area contributed by atoms with E-state index in [4.69, 9.17) is 4.42 Å². The quantitative estimate of drug-likeness (QED) is 0.829. The van der Waals surface area contributed by atoms with E-state index in [0.29, 0.717) is 43.3 Å². The summed E-state index contributed by atoms with van der Waals surface area (Å²) in [5, 5.41) is 0. The van der Waals surface area contributed by atoms with Crippen molar-refractivity contribution in [3.63, 3.8) is 0 Å². The van der Waals surface area contributed by atoms with Gasteiger partial charge < -0.3 is 9.32 Å². The summed E-state index contributed by atoms with van der Waals surface area (Å²) in [5.41, 5.74) is 0.984. The molecule has 1 aromatic heterocycles. The van der Waals surface area contributed by atoms with Crippen LogP contribution in [0.1, 0.15) is 0 Å². The van der Waals surface area contributed by atoms with Gasteiger partial charge >= 0.3 is 0 Å². The van der Waals surface area contributed by atoms with Crippen molar-refractivity contribution >= 4 is 27.1 Å². The average molecular weight is 299 g/mol. The molecule has 0 N–H and O–H groups in total. The average Bonchev–Trinajstić information content (AvgIpc) is 2.80. The Balaban J connectivity index is 1.80. The Morgan fingerprint density at radius 3 is 2.60 bits per heavy atom. The number of nitrogens with zero attached hydrogens (tertiary/aromatic N) is 3. The second-order valence-electron chi connectivity index (χ2n) is 4.76. The molecule has 20 heavy (non-hydrogen) atoms. The monoisotopic (exact) mass is 299 g/mol. The molecular formula is C12H14FN3O3S. The maximum absolute atomic E-state index is 13.1. The normalized spacial score (nSPS) is 17.8. The van der Waals surface area contributed by atoms with Crippen LogP contribution in [0.2, 0.25) is 0 Å². The minimum Gasteiger partial charge on any atom is -0.423 e. The molecule has 0 unspecified atom stereocenters. The predicted octanol–water partition coefficient (Wildman–Crippen LogP) is 1.05. The van der Waals surface area contributed by atoms with Gasteiger partial charge in [0.05, 0.1) is 6.26 Å². The molecule has 6 nitrogen and oxygen atoms in total. The van der Waals surface area contributed by atoms with Gasteiger partial charge in [-0.1, -0.05) is 0 Å². The smallest absolute Gasteiger partial charge is 0.298 e. The Morgan fingerprint density at radius 2 is 1.95 bits per heavy atom. The lowest BCUT2D eigenvalue weighted by atomic mass is 10.3. The van der Waals surface area contributed by atoms with Crippen LogP contribution in [0.4, 0.5) is 10.4 Å². The van der Waals surface area contributed by atoms with Gasteiger partial charge in [0.2, 0.25) is 10.0 Å². The number of aromatic nitrogens is 1. The minimum absolute atomic E-state index is 0.373. The Labute approximate surface area is 115 Å². The van der Waals surface area contributed by atoms with Gasteiger partial charge in [0, 0.05) is 32.2 Å². The fraction of sp³-hybridized carbons (Fsp3) is 0.417. The molecule has 0 radical (unpaired) electrons. The molecule has 0 bridgehead atoms. The van der Waals surface area contributed by atoms with E-state index in [1.54, 1.807) is 6.07 Å². The molecule has 0 saturated carbocycles. The van der Waals surface area contributed by atoms with E-state index in [1.165, 1.54) is 22.7 Å². The van der Waals surface area contributed by atoms with Crippen molar-refractivity contribution in [3.05, 3.63) is 24.0 Å². The van der Waals surface area contributed by atoms with Crippen molar-refractivity contribution in [2.45, 2.75) is 0 Å². The second-order valence-corrected chi connectivity index (χ2v) is 6.74. The number of fused-ring (bicyclic) bond motifs is 1. The molecule has 0 atom stereocenters. The third-order valence-electron chi connectivity index (χ3n) is 3.32. The number of hydrogen-bond acceptors (Lipinski definition) is 5. The number of hydrogen-bond donors (Lipinski definition) is 0. The molecule has 1 saturated heterocycles. The van der Waals surface area contributed by atoms with E-state index in [1.807, 2.05) is 4.90 Å². The molecule has 1 aromatic carbocycles. The largest absolute Gasteiger partial charge is 0.423 e. The summed E-state index contributed by atoms with van der Waals surface area (Å²) in [7, 11) is -3.16. The van der Waals surface area contributed by atoms with Gasteiger partial charge in [-0.05, 0) is 12.1 Å². The highest BCUT2D eigenvalue weighted by Gasteiger charge is 2.25. The van der Waals surface area contributed by atoms with Crippen LogP contribution in [0, 0.1) is 5.82 Å². The molecule has 2 heterocycles. The van der Waals surface area contributed by atoms with E-state index in [-0.39, 0.29) is 5.82 Å². The highest BCUT2D eigenvalue weighted by atomic mass is 32.2. The molecule has 0 spiro atoms. The number of piperazine rings is 1. The summed E-state index contributed by atoms with van der Waals surface area (Å²) in [4.78, 5) is 6.15. The molecule has 1 aliphatic rings. The van der Waals surface area contributed by atoms with E-state index >= 15 is 0 Å². The first-order valence-corrected chi connectivity index (χ1v) is 8.04. The fourth-order valence-corrected chi connectivity index (χ4v) is 3.06. The first-order valence-electron chi connectivity index (χ1n) is 6.20. The van der Waals surface area contributed by atoms with E-state index in [0.717, 1.165) is 0 Å². The van der Waals surface area contributed by atoms with Crippen LogP contribution >= 0.6 is 0 Å². The van der Waals surface area contributed by atoms with Crippen LogP contribution in [-0.2, 0) is 10.0 Å². The van der Waals surface area contributed by atoms with Crippen molar-refractivity contribution in [3.8, 4) is 0 Å². The highest BCUT2D eigenvalue weighted by Crippen LogP contribution is 2.23. The fourth-order valence-electron chi connectivity index (χ4n) is 2.23. The third-order valence-corrected chi connectivity index (χ3v) is 4.62. The van der Waals surface area contributed by atoms with Crippen LogP contribution in [0.25, 0.3) is 11.1 Å². The van der Waals surface area contributed by atoms with E-state index in [9.17, 15) is 12.8 Å².